The van der Waals surface area contributed by atoms with Crippen LogP contribution in [0.25, 0.3) is 10.8 Å². The van der Waals surface area contributed by atoms with Crippen molar-refractivity contribution in [2.24, 2.45) is 0 Å². The molecule has 1 atom stereocenters. The van der Waals surface area contributed by atoms with Crippen LogP contribution >= 0.6 is 0 Å². The number of aliphatic carboxylic acids is 1. The highest BCUT2D eigenvalue weighted by Gasteiger charge is 2.38. The molecule has 0 aliphatic carbocycles. The molecular weight excluding hydrogens is 464 g/mol. The molecule has 1 unspecified atom stereocenters. The summed E-state index contributed by atoms with van der Waals surface area (Å²) < 4.78 is 6.04. The number of unbranched alkanes of at least 4 members (excludes halogenated alkanes) is 2. The molecule has 0 saturated carbocycles. The molecule has 5 rings (SSSR count). The molecule has 1 aromatic carbocycles. The van der Waals surface area contributed by atoms with E-state index in [-0.39, 0.29) is 6.10 Å². The topological polar surface area (TPSA) is 87.6 Å². The van der Waals surface area contributed by atoms with Crippen LogP contribution in [-0.2, 0) is 22.4 Å². The number of hydrogen-bond acceptors (Lipinski definition) is 6. The van der Waals surface area contributed by atoms with Gasteiger partial charge >= 0.3 is 5.97 Å². The summed E-state index contributed by atoms with van der Waals surface area (Å²) >= 11 is 0. The number of aromatic nitrogens is 2. The van der Waals surface area contributed by atoms with E-state index in [0.29, 0.717) is 19.7 Å². The third-order valence-electron chi connectivity index (χ3n) is 7.19. The number of carboxylic acid groups (broad SMARTS) is 1. The van der Waals surface area contributed by atoms with E-state index in [1.54, 1.807) is 6.20 Å². The van der Waals surface area contributed by atoms with Crippen LogP contribution in [0.15, 0.2) is 42.6 Å². The van der Waals surface area contributed by atoms with Gasteiger partial charge in [-0.15, -0.1) is 0 Å². The molecule has 1 saturated heterocycles. The van der Waals surface area contributed by atoms with Crippen LogP contribution in [-0.4, -0.2) is 58.3 Å². The summed E-state index contributed by atoms with van der Waals surface area (Å²) in [7, 11) is 0. The summed E-state index contributed by atoms with van der Waals surface area (Å²) in [6, 6.07) is 11.5. The van der Waals surface area contributed by atoms with E-state index >= 15 is 0 Å². The van der Waals surface area contributed by atoms with Gasteiger partial charge in [-0.3, -0.25) is 14.7 Å². The number of nitrogens with one attached hydrogen (secondary N) is 1. The number of carboxylic acids is 1. The van der Waals surface area contributed by atoms with Crippen molar-refractivity contribution in [2.45, 2.75) is 71.4 Å². The van der Waals surface area contributed by atoms with Crippen LogP contribution in [0, 0.1) is 6.92 Å². The van der Waals surface area contributed by atoms with Gasteiger partial charge in [-0.25, -0.2) is 4.98 Å². The zero-order chi connectivity index (χ0) is 26.2. The van der Waals surface area contributed by atoms with Crippen molar-refractivity contribution in [3.8, 4) is 0 Å². The average molecular weight is 505 g/mol. The second-order valence-corrected chi connectivity index (χ2v) is 9.68. The van der Waals surface area contributed by atoms with E-state index in [9.17, 15) is 9.90 Å². The monoisotopic (exact) mass is 504 g/mol. The van der Waals surface area contributed by atoms with Gasteiger partial charge in [-0.2, -0.15) is 0 Å². The van der Waals surface area contributed by atoms with E-state index in [1.165, 1.54) is 12.0 Å². The van der Waals surface area contributed by atoms with Crippen molar-refractivity contribution in [2.75, 3.05) is 31.6 Å². The predicted octanol–water partition coefficient (Wildman–Crippen LogP) is 5.56. The second kappa shape index (κ2) is 13.0. The van der Waals surface area contributed by atoms with Crippen molar-refractivity contribution in [1.29, 1.82) is 0 Å². The summed E-state index contributed by atoms with van der Waals surface area (Å²) in [6.07, 6.45) is 8.36. The number of rotatable bonds is 10. The van der Waals surface area contributed by atoms with E-state index < -0.39 is 12.0 Å². The Bertz CT molecular complexity index is 1190. The lowest BCUT2D eigenvalue weighted by molar-refractivity contribution is -0.150. The number of carbonyl (C=O) groups is 1. The molecule has 198 valence electrons. The highest BCUT2D eigenvalue weighted by Crippen LogP contribution is 2.33. The number of likely N-dealkylation sites (tertiary alicyclic amines) is 1. The largest absolute Gasteiger partial charge is 0.480 e. The van der Waals surface area contributed by atoms with Gasteiger partial charge in [0.1, 0.15) is 11.9 Å². The Kier molecular flexibility index (Phi) is 9.47. The molecule has 0 spiro atoms. The normalized spacial score (nSPS) is 16.2. The number of nitrogens with zero attached hydrogens (tertiary/aromatic N) is 3. The summed E-state index contributed by atoms with van der Waals surface area (Å²) in [5.74, 6) is 0.248. The van der Waals surface area contributed by atoms with E-state index in [4.69, 9.17) is 9.72 Å². The first-order valence-electron chi connectivity index (χ1n) is 13.8. The summed E-state index contributed by atoms with van der Waals surface area (Å²) in [5.41, 5.74) is 4.23. The molecule has 7 nitrogen and oxygen atoms in total. The van der Waals surface area contributed by atoms with Gasteiger partial charge in [0.15, 0.2) is 0 Å². The first-order valence-corrected chi connectivity index (χ1v) is 13.8. The van der Waals surface area contributed by atoms with Crippen molar-refractivity contribution in [3.63, 3.8) is 0 Å². The predicted molar refractivity (Wildman–Crippen MR) is 148 cm³/mol. The number of fused-ring (bicyclic) bond motifs is 2. The van der Waals surface area contributed by atoms with E-state index in [0.717, 1.165) is 72.2 Å². The second-order valence-electron chi connectivity index (χ2n) is 9.68. The summed E-state index contributed by atoms with van der Waals surface area (Å²) in [5, 5.41) is 15.4. The zero-order valence-electron chi connectivity index (χ0n) is 22.4. The minimum atomic E-state index is -0.823. The Morgan fingerprint density at radius 1 is 1.14 bits per heavy atom. The Labute approximate surface area is 220 Å². The quantitative estimate of drug-likeness (QED) is 0.349. The third-order valence-corrected chi connectivity index (χ3v) is 7.19. The van der Waals surface area contributed by atoms with Gasteiger partial charge in [0.05, 0.1) is 6.10 Å². The molecule has 2 aliphatic rings. The average Bonchev–Trinajstić information content (AvgIpc) is 2.90. The van der Waals surface area contributed by atoms with Gasteiger partial charge in [0.2, 0.25) is 0 Å². The first-order chi connectivity index (χ1) is 18.1. The molecule has 7 heteroatoms. The zero-order valence-corrected chi connectivity index (χ0v) is 22.4. The highest BCUT2D eigenvalue weighted by molar-refractivity contribution is 5.91. The molecule has 3 aromatic rings. The molecule has 37 heavy (non-hydrogen) atoms. The molecular formula is C30H40N4O3. The Morgan fingerprint density at radius 3 is 2.78 bits per heavy atom. The van der Waals surface area contributed by atoms with Crippen LogP contribution in [0.1, 0.15) is 68.1 Å². The van der Waals surface area contributed by atoms with Crippen molar-refractivity contribution in [1.82, 2.24) is 14.9 Å². The molecule has 1 fully saturated rings. The summed E-state index contributed by atoms with van der Waals surface area (Å²) in [6.45, 7) is 8.98. The lowest BCUT2D eigenvalue weighted by Gasteiger charge is -2.42. The van der Waals surface area contributed by atoms with Crippen LogP contribution in [0.3, 0.4) is 0 Å². The molecule has 0 amide bonds. The molecule has 4 heterocycles. The van der Waals surface area contributed by atoms with Gasteiger partial charge in [0.25, 0.3) is 0 Å². The lowest BCUT2D eigenvalue weighted by atomic mass is 9.95. The number of anilines is 1. The smallest absolute Gasteiger partial charge is 0.325 e. The maximum absolute atomic E-state index is 12.2. The van der Waals surface area contributed by atoms with E-state index in [2.05, 4.69) is 22.4 Å². The fourth-order valence-electron chi connectivity index (χ4n) is 5.23. The number of benzene rings is 1. The van der Waals surface area contributed by atoms with Crippen molar-refractivity contribution >= 4 is 22.6 Å². The maximum atomic E-state index is 12.2. The number of aryl methyl sites for hydroxylation is 3. The number of pyridine rings is 2. The van der Waals surface area contributed by atoms with Crippen molar-refractivity contribution in [3.05, 3.63) is 65.1 Å². The Hall–Kier alpha value is -3.03. The molecule has 2 aromatic heterocycles. The lowest BCUT2D eigenvalue weighted by Crippen LogP contribution is -2.55. The molecule has 2 N–H and O–H groups in total. The van der Waals surface area contributed by atoms with Crippen LogP contribution < -0.4 is 5.32 Å². The van der Waals surface area contributed by atoms with Gasteiger partial charge < -0.3 is 15.2 Å². The van der Waals surface area contributed by atoms with Crippen molar-refractivity contribution < 1.29 is 14.6 Å². The Morgan fingerprint density at radius 2 is 1.97 bits per heavy atom. The molecule has 0 bridgehead atoms. The van der Waals surface area contributed by atoms with Crippen LogP contribution in [0.5, 0.6) is 0 Å². The number of ether oxygens (including phenoxy) is 1. The summed E-state index contributed by atoms with van der Waals surface area (Å²) in [4.78, 5) is 23.3. The minimum Gasteiger partial charge on any atom is -0.480 e. The SMILES string of the molecule is CC.Cc1nccc2c(C(C(=O)O)N3CC(OCCCCCc4ccc5c(n4)NCCC5)C3)cccc12. The van der Waals surface area contributed by atoms with Crippen LogP contribution in [0.4, 0.5) is 5.82 Å². The minimum absolute atomic E-state index is 0.101. The highest BCUT2D eigenvalue weighted by atomic mass is 16.5. The van der Waals surface area contributed by atoms with Gasteiger partial charge in [-0.1, -0.05) is 44.5 Å². The number of hydrogen-bond donors (Lipinski definition) is 2. The first kappa shape index (κ1) is 27.0. The Balaban J connectivity index is 0.00000156. The van der Waals surface area contributed by atoms with Gasteiger partial charge in [0, 0.05) is 49.2 Å². The third kappa shape index (κ3) is 6.46. The fraction of sp³-hybridized carbons (Fsp3) is 0.500. The van der Waals surface area contributed by atoms with Crippen LogP contribution in [0.2, 0.25) is 0 Å². The van der Waals surface area contributed by atoms with E-state index in [1.807, 2.05) is 49.9 Å². The van der Waals surface area contributed by atoms with Gasteiger partial charge in [-0.05, 0) is 67.7 Å². The molecule has 2 aliphatic heterocycles. The standard InChI is InChI=1S/C28H34N4O3.C2H6/c1-19-23-9-5-10-25(24(23)13-15-29-19)26(28(33)34)32-17-22(18-32)35-16-4-2-3-8-21-12-11-20-7-6-14-30-27(20)31-21;1-2/h5,9-13,15,22,26H,2-4,6-8,14,16-18H2,1H3,(H,30,31)(H,33,34);1-2H3. The molecule has 0 radical (unpaired) electrons. The fourth-order valence-corrected chi connectivity index (χ4v) is 5.23. The maximum Gasteiger partial charge on any atom is 0.325 e.